The van der Waals surface area contributed by atoms with E-state index < -0.39 is 6.29 Å². The van der Waals surface area contributed by atoms with E-state index in [1.54, 1.807) is 0 Å². The molecule has 0 radical (unpaired) electrons. The van der Waals surface area contributed by atoms with E-state index in [9.17, 15) is 10.2 Å². The molecule has 0 bridgehead atoms. The van der Waals surface area contributed by atoms with Gasteiger partial charge in [0.25, 0.3) is 0 Å². The molecule has 31 heavy (non-hydrogen) atoms. The second-order valence-corrected chi connectivity index (χ2v) is 8.89. The maximum atomic E-state index is 10.2. The van der Waals surface area contributed by atoms with Crippen molar-refractivity contribution in [2.45, 2.75) is 86.4 Å². The van der Waals surface area contributed by atoms with Gasteiger partial charge >= 0.3 is 0 Å². The fourth-order valence-electron chi connectivity index (χ4n) is 3.40. The summed E-state index contributed by atoms with van der Waals surface area (Å²) in [4.78, 5) is 0. The normalized spacial score (nSPS) is 13.2. The lowest BCUT2D eigenvalue weighted by atomic mass is 9.92. The van der Waals surface area contributed by atoms with E-state index in [1.807, 2.05) is 18.2 Å². The van der Waals surface area contributed by atoms with Gasteiger partial charge in [0.05, 0.1) is 0 Å². The van der Waals surface area contributed by atoms with Crippen LogP contribution in [0.1, 0.15) is 85.6 Å². The minimum atomic E-state index is -1.46. The number of aliphatic hydroxyl groups is 2. The Bertz CT molecular complexity index is 810. The molecule has 0 atom stereocenters. The van der Waals surface area contributed by atoms with Gasteiger partial charge in [0.1, 0.15) is 0 Å². The molecule has 0 aliphatic carbocycles. The molecule has 2 nitrogen and oxygen atoms in total. The number of aliphatic hydroxyl groups excluding tert-OH is 1. The van der Waals surface area contributed by atoms with E-state index in [0.717, 1.165) is 36.8 Å². The van der Waals surface area contributed by atoms with Crippen LogP contribution < -0.4 is 0 Å². The van der Waals surface area contributed by atoms with Crippen molar-refractivity contribution in [3.63, 3.8) is 0 Å². The molecule has 1 aromatic carbocycles. The molecular weight excluding hydrogens is 380 g/mol. The molecule has 0 aromatic heterocycles. The minimum Gasteiger partial charge on any atom is -0.365 e. The molecule has 0 spiro atoms. The van der Waals surface area contributed by atoms with Crippen molar-refractivity contribution in [3.8, 4) is 0 Å². The van der Waals surface area contributed by atoms with Crippen LogP contribution in [0.2, 0.25) is 0 Å². The summed E-state index contributed by atoms with van der Waals surface area (Å²) in [5.41, 5.74) is 8.01. The van der Waals surface area contributed by atoms with Crippen molar-refractivity contribution in [2.24, 2.45) is 0 Å². The minimum absolute atomic E-state index is 0.549. The highest BCUT2D eigenvalue weighted by Crippen LogP contribution is 2.28. The van der Waals surface area contributed by atoms with Gasteiger partial charge in [-0.25, -0.2) is 0 Å². The largest absolute Gasteiger partial charge is 0.365 e. The first-order valence-electron chi connectivity index (χ1n) is 11.4. The Hall–Kier alpha value is -2.16. The van der Waals surface area contributed by atoms with Gasteiger partial charge in [-0.3, -0.25) is 0 Å². The second kappa shape index (κ2) is 14.8. The lowest BCUT2D eigenvalue weighted by molar-refractivity contribution is -0.00871. The number of rotatable bonds is 12. The quantitative estimate of drug-likeness (QED) is 0.265. The Morgan fingerprint density at radius 2 is 1.19 bits per heavy atom. The highest BCUT2D eigenvalue weighted by molar-refractivity contribution is 5.70. The van der Waals surface area contributed by atoms with Crippen LogP contribution in [-0.2, 0) is 0 Å². The summed E-state index contributed by atoms with van der Waals surface area (Å²) < 4.78 is 0. The molecule has 0 aliphatic rings. The van der Waals surface area contributed by atoms with Crippen molar-refractivity contribution < 1.29 is 10.2 Å². The van der Waals surface area contributed by atoms with Crippen LogP contribution in [0, 0.1) is 0 Å². The summed E-state index contributed by atoms with van der Waals surface area (Å²) in [5, 5.41) is 20.4. The third kappa shape index (κ3) is 11.7. The lowest BCUT2D eigenvalue weighted by Crippen LogP contribution is -2.11. The van der Waals surface area contributed by atoms with E-state index >= 15 is 0 Å². The second-order valence-electron chi connectivity index (χ2n) is 8.89. The third-order valence-corrected chi connectivity index (χ3v) is 5.33. The van der Waals surface area contributed by atoms with Crippen molar-refractivity contribution in [2.75, 3.05) is 0 Å². The standard InChI is InChI=1S/C29H42O2/c1-22(2)12-10-14-24(5)18-20-27(26-16-8-7-9-17-26)28(29(30)31)21-19-25(6)15-11-13-23(3)4/h7-9,12-13,16-19,29-31H,10-11,14-15,20-21H2,1-6H3/b24-18+,25-19+,28-27?. The molecule has 0 fully saturated rings. The predicted octanol–water partition coefficient (Wildman–Crippen LogP) is 7.92. The van der Waals surface area contributed by atoms with Crippen LogP contribution in [0.15, 0.2) is 82.5 Å². The SMILES string of the molecule is CC(C)=CCC/C(C)=C/CC(=C(C/C=C(\C)CCC=C(C)C)C(O)O)c1ccccc1. The average molecular weight is 423 g/mol. The summed E-state index contributed by atoms with van der Waals surface area (Å²) in [5.74, 6) is 0. The Labute approximate surface area is 190 Å². The number of hydrogen-bond donors (Lipinski definition) is 2. The molecule has 1 aromatic rings. The number of allylic oxidation sites excluding steroid dienone is 9. The Morgan fingerprint density at radius 1 is 0.710 bits per heavy atom. The molecule has 0 saturated carbocycles. The predicted molar refractivity (Wildman–Crippen MR) is 136 cm³/mol. The summed E-state index contributed by atoms with van der Waals surface area (Å²) in [6, 6.07) is 10.1. The number of hydrogen-bond acceptors (Lipinski definition) is 2. The van der Waals surface area contributed by atoms with E-state index in [4.69, 9.17) is 0 Å². The summed E-state index contributed by atoms with van der Waals surface area (Å²) in [6.07, 6.45) is 12.7. The lowest BCUT2D eigenvalue weighted by Gasteiger charge is -2.17. The Kier molecular flexibility index (Phi) is 12.8. The van der Waals surface area contributed by atoms with Crippen LogP contribution in [0.5, 0.6) is 0 Å². The molecular formula is C29H42O2. The first-order chi connectivity index (χ1) is 14.7. The molecule has 2 N–H and O–H groups in total. The Balaban J connectivity index is 3.12. The van der Waals surface area contributed by atoms with Crippen LogP contribution in [0.25, 0.3) is 5.57 Å². The van der Waals surface area contributed by atoms with Crippen molar-refractivity contribution in [1.29, 1.82) is 0 Å². The molecule has 0 heterocycles. The molecule has 0 saturated heterocycles. The van der Waals surface area contributed by atoms with Crippen LogP contribution >= 0.6 is 0 Å². The first-order valence-corrected chi connectivity index (χ1v) is 11.4. The zero-order valence-corrected chi connectivity index (χ0v) is 20.4. The molecule has 0 unspecified atom stereocenters. The van der Waals surface area contributed by atoms with Gasteiger partial charge in [-0.1, -0.05) is 76.9 Å². The van der Waals surface area contributed by atoms with E-state index in [1.165, 1.54) is 22.3 Å². The Morgan fingerprint density at radius 3 is 1.65 bits per heavy atom. The van der Waals surface area contributed by atoms with Gasteiger partial charge in [0.2, 0.25) is 0 Å². The van der Waals surface area contributed by atoms with Crippen molar-refractivity contribution >= 4 is 5.57 Å². The first kappa shape index (κ1) is 26.9. The summed E-state index contributed by atoms with van der Waals surface area (Å²) in [7, 11) is 0. The molecule has 1 rings (SSSR count). The fraction of sp³-hybridized carbons (Fsp3) is 0.448. The van der Waals surface area contributed by atoms with E-state index in [-0.39, 0.29) is 0 Å². The van der Waals surface area contributed by atoms with Crippen molar-refractivity contribution in [1.82, 2.24) is 0 Å². The topological polar surface area (TPSA) is 40.5 Å². The van der Waals surface area contributed by atoms with Gasteiger partial charge in [-0.15, -0.1) is 0 Å². The van der Waals surface area contributed by atoms with E-state index in [2.05, 4.69) is 78.0 Å². The molecule has 170 valence electrons. The fourth-order valence-corrected chi connectivity index (χ4v) is 3.40. The van der Waals surface area contributed by atoms with Crippen LogP contribution in [0.4, 0.5) is 0 Å². The zero-order chi connectivity index (χ0) is 23.2. The van der Waals surface area contributed by atoms with Crippen molar-refractivity contribution in [3.05, 3.63) is 88.1 Å². The summed E-state index contributed by atoms with van der Waals surface area (Å²) >= 11 is 0. The van der Waals surface area contributed by atoms with E-state index in [0.29, 0.717) is 18.4 Å². The van der Waals surface area contributed by atoms with Gasteiger partial charge in [0.15, 0.2) is 6.29 Å². The van der Waals surface area contributed by atoms with Gasteiger partial charge in [0, 0.05) is 0 Å². The van der Waals surface area contributed by atoms with Crippen LogP contribution in [0.3, 0.4) is 0 Å². The maximum absolute atomic E-state index is 10.2. The summed E-state index contributed by atoms with van der Waals surface area (Å²) in [6.45, 7) is 12.8. The third-order valence-electron chi connectivity index (χ3n) is 5.33. The molecule has 0 amide bonds. The van der Waals surface area contributed by atoms with Gasteiger partial charge in [-0.2, -0.15) is 0 Å². The maximum Gasteiger partial charge on any atom is 0.175 e. The molecule has 0 aliphatic heterocycles. The highest BCUT2D eigenvalue weighted by atomic mass is 16.5. The number of benzene rings is 1. The average Bonchev–Trinajstić information content (AvgIpc) is 2.70. The highest BCUT2D eigenvalue weighted by Gasteiger charge is 2.14. The van der Waals surface area contributed by atoms with Crippen LogP contribution in [-0.4, -0.2) is 16.5 Å². The molecule has 2 heteroatoms. The zero-order valence-electron chi connectivity index (χ0n) is 20.4. The smallest absolute Gasteiger partial charge is 0.175 e. The van der Waals surface area contributed by atoms with Gasteiger partial charge in [-0.05, 0) is 96.8 Å². The monoisotopic (exact) mass is 422 g/mol. The van der Waals surface area contributed by atoms with Gasteiger partial charge < -0.3 is 10.2 Å².